The van der Waals surface area contributed by atoms with Gasteiger partial charge in [0.1, 0.15) is 0 Å². The predicted molar refractivity (Wildman–Crippen MR) is 79.2 cm³/mol. The van der Waals surface area contributed by atoms with Gasteiger partial charge in [0.05, 0.1) is 20.5 Å². The minimum absolute atomic E-state index is 0.00101. The predicted octanol–water partition coefficient (Wildman–Crippen LogP) is 3.45. The molecule has 1 saturated carbocycles. The highest BCUT2D eigenvalue weighted by Gasteiger charge is 2.46. The van der Waals surface area contributed by atoms with E-state index < -0.39 is 15.0 Å². The standard InChI is InChI=1S/C12H12Cl3NO3S/c1-12(2)5-9(12)16-11(17)7-3-6(20(15,18)19)4-8(13)10(7)14/h3-4,9H,5H2,1-2H3,(H,16,17). The fraction of sp³-hybridized carbons (Fsp3) is 0.417. The first-order chi connectivity index (χ1) is 9.02. The fourth-order valence-electron chi connectivity index (χ4n) is 1.82. The molecule has 0 saturated heterocycles. The molecule has 0 radical (unpaired) electrons. The summed E-state index contributed by atoms with van der Waals surface area (Å²) in [4.78, 5) is 11.9. The number of nitrogens with one attached hydrogen (secondary N) is 1. The number of hydrogen-bond donors (Lipinski definition) is 1. The zero-order valence-electron chi connectivity index (χ0n) is 10.7. The van der Waals surface area contributed by atoms with Crippen LogP contribution in [-0.2, 0) is 9.05 Å². The summed E-state index contributed by atoms with van der Waals surface area (Å²) in [5.74, 6) is -0.463. The van der Waals surface area contributed by atoms with Gasteiger partial charge in [-0.15, -0.1) is 0 Å². The zero-order valence-corrected chi connectivity index (χ0v) is 13.8. The molecule has 1 aliphatic rings. The van der Waals surface area contributed by atoms with E-state index in [1.165, 1.54) is 0 Å². The molecule has 8 heteroatoms. The van der Waals surface area contributed by atoms with Crippen molar-refractivity contribution in [3.05, 3.63) is 27.7 Å². The maximum absolute atomic E-state index is 12.1. The highest BCUT2D eigenvalue weighted by Crippen LogP contribution is 2.45. The summed E-state index contributed by atoms with van der Waals surface area (Å²) in [7, 11) is 1.28. The summed E-state index contributed by atoms with van der Waals surface area (Å²) in [5.41, 5.74) is 0.0448. The van der Waals surface area contributed by atoms with Crippen LogP contribution in [0.5, 0.6) is 0 Å². The molecule has 20 heavy (non-hydrogen) atoms. The monoisotopic (exact) mass is 355 g/mol. The number of halogens is 3. The number of amides is 1. The van der Waals surface area contributed by atoms with Crippen LogP contribution >= 0.6 is 33.9 Å². The first kappa shape index (κ1) is 15.9. The molecule has 0 heterocycles. The smallest absolute Gasteiger partial charge is 0.261 e. The van der Waals surface area contributed by atoms with Crippen LogP contribution in [0.2, 0.25) is 10.0 Å². The normalized spacial score (nSPS) is 20.6. The summed E-state index contributed by atoms with van der Waals surface area (Å²) in [6.45, 7) is 4.04. The van der Waals surface area contributed by atoms with E-state index in [9.17, 15) is 13.2 Å². The first-order valence-corrected chi connectivity index (χ1v) is 8.83. The molecule has 1 amide bonds. The SMILES string of the molecule is CC1(C)CC1NC(=O)c1cc(S(=O)(=O)Cl)cc(Cl)c1Cl. The largest absolute Gasteiger partial charge is 0.349 e. The Hall–Kier alpha value is -0.490. The molecule has 1 fully saturated rings. The molecule has 0 aromatic heterocycles. The van der Waals surface area contributed by atoms with Crippen molar-refractivity contribution in [2.75, 3.05) is 0 Å². The van der Waals surface area contributed by atoms with Gasteiger partial charge in [-0.25, -0.2) is 8.42 Å². The van der Waals surface area contributed by atoms with Crippen LogP contribution in [0.15, 0.2) is 17.0 Å². The van der Waals surface area contributed by atoms with Crippen LogP contribution in [0.1, 0.15) is 30.6 Å². The van der Waals surface area contributed by atoms with Gasteiger partial charge in [0, 0.05) is 16.7 Å². The lowest BCUT2D eigenvalue weighted by Crippen LogP contribution is -2.28. The molecule has 1 atom stereocenters. The van der Waals surface area contributed by atoms with Crippen molar-refractivity contribution in [2.24, 2.45) is 5.41 Å². The second kappa shape index (κ2) is 5.05. The Morgan fingerprint density at radius 3 is 2.35 bits per heavy atom. The minimum Gasteiger partial charge on any atom is -0.349 e. The van der Waals surface area contributed by atoms with Gasteiger partial charge in [0.15, 0.2) is 0 Å². The molecule has 2 rings (SSSR count). The highest BCUT2D eigenvalue weighted by molar-refractivity contribution is 8.13. The Bertz CT molecular complexity index is 685. The van der Waals surface area contributed by atoms with E-state index >= 15 is 0 Å². The number of carbonyl (C=O) groups excluding carboxylic acids is 1. The fourth-order valence-corrected chi connectivity index (χ4v) is 3.08. The van der Waals surface area contributed by atoms with Crippen LogP contribution in [0, 0.1) is 5.41 Å². The minimum atomic E-state index is -3.98. The van der Waals surface area contributed by atoms with E-state index in [0.717, 1.165) is 18.6 Å². The van der Waals surface area contributed by atoms with Gasteiger partial charge < -0.3 is 5.32 Å². The van der Waals surface area contributed by atoms with Gasteiger partial charge in [-0.3, -0.25) is 4.79 Å². The lowest BCUT2D eigenvalue weighted by Gasteiger charge is -2.10. The van der Waals surface area contributed by atoms with E-state index in [1.807, 2.05) is 13.8 Å². The summed E-state index contributed by atoms with van der Waals surface area (Å²) >= 11 is 11.8. The third-order valence-electron chi connectivity index (χ3n) is 3.35. The van der Waals surface area contributed by atoms with Gasteiger partial charge in [0.25, 0.3) is 15.0 Å². The zero-order chi connectivity index (χ0) is 15.3. The molecule has 0 spiro atoms. The van der Waals surface area contributed by atoms with Crippen molar-refractivity contribution in [3.63, 3.8) is 0 Å². The van der Waals surface area contributed by atoms with E-state index in [2.05, 4.69) is 5.32 Å². The number of carbonyl (C=O) groups is 1. The lowest BCUT2D eigenvalue weighted by molar-refractivity contribution is 0.0946. The van der Waals surface area contributed by atoms with Crippen molar-refractivity contribution in [1.29, 1.82) is 0 Å². The Balaban J connectivity index is 2.36. The Morgan fingerprint density at radius 1 is 1.35 bits per heavy atom. The lowest BCUT2D eigenvalue weighted by atomic mass is 10.1. The van der Waals surface area contributed by atoms with Gasteiger partial charge in [0.2, 0.25) is 0 Å². The second-order valence-electron chi connectivity index (χ2n) is 5.42. The molecule has 1 aromatic rings. The first-order valence-electron chi connectivity index (χ1n) is 5.77. The van der Waals surface area contributed by atoms with Gasteiger partial charge in [-0.2, -0.15) is 0 Å². The third kappa shape index (κ3) is 3.22. The van der Waals surface area contributed by atoms with E-state index in [1.54, 1.807) is 0 Å². The Kier molecular flexibility index (Phi) is 4.02. The van der Waals surface area contributed by atoms with Gasteiger partial charge in [-0.1, -0.05) is 37.0 Å². The second-order valence-corrected chi connectivity index (χ2v) is 8.77. The molecule has 1 aromatic carbocycles. The molecule has 0 aliphatic heterocycles. The summed E-state index contributed by atoms with van der Waals surface area (Å²) in [6, 6.07) is 2.28. The molecule has 4 nitrogen and oxygen atoms in total. The maximum Gasteiger partial charge on any atom is 0.261 e. The quantitative estimate of drug-likeness (QED) is 0.844. The van der Waals surface area contributed by atoms with Crippen LogP contribution in [0.25, 0.3) is 0 Å². The van der Waals surface area contributed by atoms with Gasteiger partial charge >= 0.3 is 0 Å². The average molecular weight is 357 g/mol. The Labute approximate surface area is 131 Å². The molecular formula is C12H12Cl3NO3S. The van der Waals surface area contributed by atoms with Crippen molar-refractivity contribution in [2.45, 2.75) is 31.2 Å². The number of benzene rings is 1. The summed E-state index contributed by atoms with van der Waals surface area (Å²) < 4.78 is 22.7. The number of hydrogen-bond acceptors (Lipinski definition) is 3. The van der Waals surface area contributed by atoms with E-state index in [0.29, 0.717) is 0 Å². The molecule has 1 aliphatic carbocycles. The van der Waals surface area contributed by atoms with Crippen LogP contribution < -0.4 is 5.32 Å². The van der Waals surface area contributed by atoms with Crippen molar-refractivity contribution >= 4 is 48.8 Å². The van der Waals surface area contributed by atoms with Crippen molar-refractivity contribution in [1.82, 2.24) is 5.32 Å². The van der Waals surface area contributed by atoms with E-state index in [-0.39, 0.29) is 32.0 Å². The van der Waals surface area contributed by atoms with E-state index in [4.69, 9.17) is 33.9 Å². The molecule has 110 valence electrons. The average Bonchev–Trinajstić information content (AvgIpc) is 2.87. The molecule has 0 bridgehead atoms. The third-order valence-corrected chi connectivity index (χ3v) is 5.48. The number of rotatable bonds is 3. The molecule has 1 unspecified atom stereocenters. The molecule has 1 N–H and O–H groups in total. The highest BCUT2D eigenvalue weighted by atomic mass is 35.7. The van der Waals surface area contributed by atoms with Crippen molar-refractivity contribution < 1.29 is 13.2 Å². The van der Waals surface area contributed by atoms with Crippen molar-refractivity contribution in [3.8, 4) is 0 Å². The van der Waals surface area contributed by atoms with Gasteiger partial charge in [-0.05, 0) is 24.0 Å². The van der Waals surface area contributed by atoms with Crippen LogP contribution in [0.4, 0.5) is 0 Å². The van der Waals surface area contributed by atoms with Crippen LogP contribution in [-0.4, -0.2) is 20.4 Å². The summed E-state index contributed by atoms with van der Waals surface area (Å²) in [5, 5.41) is 2.76. The maximum atomic E-state index is 12.1. The molecular weight excluding hydrogens is 345 g/mol. The topological polar surface area (TPSA) is 63.2 Å². The summed E-state index contributed by atoms with van der Waals surface area (Å²) in [6.07, 6.45) is 0.859. The Morgan fingerprint density at radius 2 is 1.90 bits per heavy atom. The van der Waals surface area contributed by atoms with Crippen LogP contribution in [0.3, 0.4) is 0 Å².